The number of carbonyl (C=O) groups excluding carboxylic acids is 1. The lowest BCUT2D eigenvalue weighted by molar-refractivity contribution is -0.893. The van der Waals surface area contributed by atoms with Crippen LogP contribution in [0.25, 0.3) is 0 Å². The topological polar surface area (TPSA) is 111 Å². The summed E-state index contributed by atoms with van der Waals surface area (Å²) in [5.41, 5.74) is -0.282. The lowest BCUT2D eigenvalue weighted by Crippen LogP contribution is -3.14. The van der Waals surface area contributed by atoms with Crippen LogP contribution in [-0.2, 0) is 0 Å². The van der Waals surface area contributed by atoms with E-state index < -0.39 is 10.9 Å². The molecule has 122 valence electrons. The van der Waals surface area contributed by atoms with Crippen molar-refractivity contribution in [1.82, 2.24) is 0 Å². The normalized spacial score (nSPS) is 14.9. The summed E-state index contributed by atoms with van der Waals surface area (Å²) >= 11 is 0. The number of piperazine rings is 1. The first-order chi connectivity index (χ1) is 11.0. The second-order valence-electron chi connectivity index (χ2n) is 5.14. The molecule has 1 fully saturated rings. The zero-order valence-corrected chi connectivity index (χ0v) is 12.4. The van der Waals surface area contributed by atoms with Gasteiger partial charge in [-0.15, -0.1) is 0 Å². The van der Waals surface area contributed by atoms with Gasteiger partial charge in [-0.2, -0.15) is 0 Å². The van der Waals surface area contributed by atoms with Crippen molar-refractivity contribution in [2.75, 3.05) is 44.2 Å². The maximum Gasteiger partial charge on any atom is 0.293 e. The number of nitrogens with one attached hydrogen (secondary N) is 1. The van der Waals surface area contributed by atoms with Crippen molar-refractivity contribution in [3.8, 4) is 11.8 Å². The summed E-state index contributed by atoms with van der Waals surface area (Å²) in [7, 11) is 0. The van der Waals surface area contributed by atoms with Gasteiger partial charge >= 0.3 is 0 Å². The quantitative estimate of drug-likeness (QED) is 0.365. The van der Waals surface area contributed by atoms with Gasteiger partial charge in [-0.1, -0.05) is 18.1 Å². The lowest BCUT2D eigenvalue weighted by Gasteiger charge is -2.33. The Morgan fingerprint density at radius 1 is 1.35 bits per heavy atom. The van der Waals surface area contributed by atoms with Crippen LogP contribution in [0.4, 0.5) is 11.4 Å². The van der Waals surface area contributed by atoms with Gasteiger partial charge in [0.2, 0.25) is 0 Å². The first kappa shape index (κ1) is 16.7. The van der Waals surface area contributed by atoms with Crippen LogP contribution in [-0.4, -0.2) is 55.3 Å². The van der Waals surface area contributed by atoms with Crippen LogP contribution < -0.4 is 14.9 Å². The Kier molecular flexibility index (Phi) is 5.51. The number of aromatic carboxylic acids is 1. The molecule has 8 nitrogen and oxygen atoms in total. The van der Waals surface area contributed by atoms with E-state index in [2.05, 4.69) is 11.8 Å². The molecule has 1 aromatic carbocycles. The van der Waals surface area contributed by atoms with E-state index in [1.54, 1.807) is 4.90 Å². The third-order valence-electron chi connectivity index (χ3n) is 3.76. The number of nitro groups is 1. The van der Waals surface area contributed by atoms with Gasteiger partial charge in [-0.3, -0.25) is 10.1 Å². The number of hydrogen-bond donors (Lipinski definition) is 2. The summed E-state index contributed by atoms with van der Waals surface area (Å²) in [5.74, 6) is 4.01. The number of rotatable bonds is 4. The maximum absolute atomic E-state index is 11.3. The van der Waals surface area contributed by atoms with Gasteiger partial charge < -0.3 is 24.8 Å². The van der Waals surface area contributed by atoms with E-state index in [0.29, 0.717) is 32.7 Å². The number of aliphatic hydroxyl groups excluding tert-OH is 1. The molecule has 1 aliphatic rings. The molecule has 0 amide bonds. The molecule has 2 N–H and O–H groups in total. The fourth-order valence-electron chi connectivity index (χ4n) is 2.64. The lowest BCUT2D eigenvalue weighted by atomic mass is 10.1. The molecule has 0 bridgehead atoms. The summed E-state index contributed by atoms with van der Waals surface area (Å²) < 4.78 is 0. The molecule has 0 saturated carbocycles. The molecule has 8 heteroatoms. The van der Waals surface area contributed by atoms with Crippen molar-refractivity contribution in [1.29, 1.82) is 0 Å². The predicted octanol–water partition coefficient (Wildman–Crippen LogP) is -2.34. The molecule has 1 saturated heterocycles. The second-order valence-corrected chi connectivity index (χ2v) is 5.14. The fourth-order valence-corrected chi connectivity index (χ4v) is 2.64. The number of nitro benzene ring substituents is 1. The van der Waals surface area contributed by atoms with Crippen LogP contribution in [0.3, 0.4) is 0 Å². The van der Waals surface area contributed by atoms with Crippen molar-refractivity contribution in [3.05, 3.63) is 33.9 Å². The molecular weight excluding hydrogens is 302 g/mol. The molecular formula is C15H17N3O5. The Bertz CT molecular complexity index is 625. The molecule has 0 unspecified atom stereocenters. The zero-order valence-electron chi connectivity index (χ0n) is 12.4. The number of benzene rings is 1. The Balaban J connectivity index is 2.20. The van der Waals surface area contributed by atoms with Crippen LogP contribution in [0.1, 0.15) is 10.4 Å². The zero-order chi connectivity index (χ0) is 16.8. The summed E-state index contributed by atoms with van der Waals surface area (Å²) in [5, 5.41) is 31.1. The number of nitrogens with zero attached hydrogens (tertiary/aromatic N) is 2. The summed E-state index contributed by atoms with van der Waals surface area (Å²) in [6.07, 6.45) is 0. The fraction of sp³-hybridized carbons (Fsp3) is 0.400. The number of anilines is 1. The summed E-state index contributed by atoms with van der Waals surface area (Å²) in [6.45, 7) is 2.74. The smallest absolute Gasteiger partial charge is 0.293 e. The van der Waals surface area contributed by atoms with Crippen LogP contribution >= 0.6 is 0 Å². The molecule has 0 aliphatic carbocycles. The van der Waals surface area contributed by atoms with Crippen molar-refractivity contribution in [2.24, 2.45) is 0 Å². The minimum absolute atomic E-state index is 0.109. The number of carboxylic acids is 1. The first-order valence-electron chi connectivity index (χ1n) is 7.18. The average Bonchev–Trinajstić information content (AvgIpc) is 2.55. The van der Waals surface area contributed by atoms with E-state index in [1.807, 2.05) is 0 Å². The van der Waals surface area contributed by atoms with Gasteiger partial charge in [0.25, 0.3) is 5.69 Å². The third kappa shape index (κ3) is 3.97. The molecule has 0 aromatic heterocycles. The number of carbonyl (C=O) groups is 1. The number of para-hydroxylation sites is 1. The van der Waals surface area contributed by atoms with Crippen molar-refractivity contribution in [2.45, 2.75) is 0 Å². The van der Waals surface area contributed by atoms with E-state index in [9.17, 15) is 20.0 Å². The average molecular weight is 319 g/mol. The van der Waals surface area contributed by atoms with E-state index in [1.165, 1.54) is 23.1 Å². The molecule has 0 spiro atoms. The standard InChI is InChI=1S/C15H17N3O5/c19-11-2-1-6-16-7-9-17(10-8-16)14-12(15(20)21)4-3-5-13(14)18(22)23/h3-5,19H,6-11H2,(H,20,21). The van der Waals surface area contributed by atoms with Crippen molar-refractivity contribution in [3.63, 3.8) is 0 Å². The van der Waals surface area contributed by atoms with E-state index >= 15 is 0 Å². The highest BCUT2D eigenvalue weighted by atomic mass is 16.6. The van der Waals surface area contributed by atoms with Gasteiger partial charge in [-0.25, -0.2) is 0 Å². The SMILES string of the molecule is O=C([O-])c1cccc([N+](=O)[O-])c1N1CC[NH+](CC#CCO)CC1. The Hall–Kier alpha value is -2.63. The van der Waals surface area contributed by atoms with E-state index in [4.69, 9.17) is 5.11 Å². The van der Waals surface area contributed by atoms with Crippen LogP contribution in [0.5, 0.6) is 0 Å². The highest BCUT2D eigenvalue weighted by Gasteiger charge is 2.27. The minimum atomic E-state index is -1.42. The maximum atomic E-state index is 11.3. The number of hydrogen-bond acceptors (Lipinski definition) is 6. The molecule has 23 heavy (non-hydrogen) atoms. The van der Waals surface area contributed by atoms with Gasteiger partial charge in [0.1, 0.15) is 18.8 Å². The highest BCUT2D eigenvalue weighted by molar-refractivity contribution is 5.96. The number of aliphatic hydroxyl groups is 1. The van der Waals surface area contributed by atoms with Gasteiger partial charge in [0.05, 0.1) is 37.1 Å². The third-order valence-corrected chi connectivity index (χ3v) is 3.76. The Morgan fingerprint density at radius 2 is 2.04 bits per heavy atom. The van der Waals surface area contributed by atoms with Gasteiger partial charge in [0.15, 0.2) is 0 Å². The Labute approximate surface area is 133 Å². The molecule has 0 atom stereocenters. The molecule has 0 radical (unpaired) electrons. The predicted molar refractivity (Wildman–Crippen MR) is 80.1 cm³/mol. The summed E-state index contributed by atoms with van der Waals surface area (Å²) in [6, 6.07) is 3.97. The molecule has 1 aliphatic heterocycles. The Morgan fingerprint density at radius 3 is 2.61 bits per heavy atom. The van der Waals surface area contributed by atoms with Crippen LogP contribution in [0.2, 0.25) is 0 Å². The highest BCUT2D eigenvalue weighted by Crippen LogP contribution is 2.31. The van der Waals surface area contributed by atoms with E-state index in [-0.39, 0.29) is 23.5 Å². The van der Waals surface area contributed by atoms with Crippen molar-refractivity contribution >= 4 is 17.3 Å². The monoisotopic (exact) mass is 319 g/mol. The first-order valence-corrected chi connectivity index (χ1v) is 7.18. The summed E-state index contributed by atoms with van der Waals surface area (Å²) in [4.78, 5) is 24.8. The number of carboxylic acid groups (broad SMARTS) is 1. The van der Waals surface area contributed by atoms with Gasteiger partial charge in [0, 0.05) is 11.6 Å². The molecule has 1 heterocycles. The van der Waals surface area contributed by atoms with Crippen LogP contribution in [0, 0.1) is 22.0 Å². The van der Waals surface area contributed by atoms with Crippen molar-refractivity contribution < 1.29 is 24.8 Å². The minimum Gasteiger partial charge on any atom is -0.545 e. The number of quaternary nitrogens is 1. The van der Waals surface area contributed by atoms with E-state index in [0.717, 1.165) is 0 Å². The van der Waals surface area contributed by atoms with Gasteiger partial charge in [-0.05, 0) is 5.92 Å². The molecule has 2 rings (SSSR count). The molecule has 1 aromatic rings. The largest absolute Gasteiger partial charge is 0.545 e. The van der Waals surface area contributed by atoms with Crippen LogP contribution in [0.15, 0.2) is 18.2 Å². The second kappa shape index (κ2) is 7.58.